The Balaban J connectivity index is 1.58. The Labute approximate surface area is 170 Å². The van der Waals surface area contributed by atoms with E-state index in [1.54, 1.807) is 18.4 Å². The van der Waals surface area contributed by atoms with Crippen molar-refractivity contribution in [1.82, 2.24) is 14.5 Å². The lowest BCUT2D eigenvalue weighted by molar-refractivity contribution is 0.0750. The molecule has 29 heavy (non-hydrogen) atoms. The highest BCUT2D eigenvalue weighted by Gasteiger charge is 2.50. The van der Waals surface area contributed by atoms with E-state index in [1.807, 2.05) is 17.2 Å². The number of likely N-dealkylation sites (tertiary alicyclic amines) is 1. The summed E-state index contributed by atoms with van der Waals surface area (Å²) in [6.07, 6.45) is 7.46. The minimum absolute atomic E-state index is 0.0363. The van der Waals surface area contributed by atoms with Crippen molar-refractivity contribution in [2.75, 3.05) is 24.5 Å². The molecule has 5 rings (SSSR count). The van der Waals surface area contributed by atoms with Crippen LogP contribution in [0.15, 0.2) is 59.5 Å². The van der Waals surface area contributed by atoms with E-state index in [0.717, 1.165) is 30.9 Å². The maximum atomic E-state index is 13.0. The van der Waals surface area contributed by atoms with Gasteiger partial charge < -0.3 is 18.8 Å². The van der Waals surface area contributed by atoms with Gasteiger partial charge >= 0.3 is 0 Å². The van der Waals surface area contributed by atoms with E-state index >= 15 is 0 Å². The Morgan fingerprint density at radius 3 is 2.93 bits per heavy atom. The fourth-order valence-electron chi connectivity index (χ4n) is 4.77. The molecule has 2 aliphatic heterocycles. The number of anilines is 1. The van der Waals surface area contributed by atoms with E-state index in [4.69, 9.17) is 4.42 Å². The minimum Gasteiger partial charge on any atom is -0.459 e. The first-order valence-electron chi connectivity index (χ1n) is 10.3. The molecule has 0 unspecified atom stereocenters. The predicted molar refractivity (Wildman–Crippen MR) is 111 cm³/mol. The molecule has 150 valence electrons. The normalized spacial score (nSPS) is 20.4. The van der Waals surface area contributed by atoms with Gasteiger partial charge in [0.2, 0.25) is 0 Å². The average Bonchev–Trinajstić information content (AvgIpc) is 3.47. The number of nitrogens with zero attached hydrogens (tertiary/aromatic N) is 4. The number of rotatable bonds is 4. The number of pyridine rings is 1. The van der Waals surface area contributed by atoms with Gasteiger partial charge in [-0.3, -0.25) is 4.79 Å². The van der Waals surface area contributed by atoms with E-state index in [1.165, 1.54) is 5.69 Å². The molecule has 1 saturated heterocycles. The lowest BCUT2D eigenvalue weighted by Gasteiger charge is -2.47. The number of amides is 1. The van der Waals surface area contributed by atoms with Gasteiger partial charge in [-0.05, 0) is 55.2 Å². The van der Waals surface area contributed by atoms with E-state index in [0.29, 0.717) is 24.8 Å². The highest BCUT2D eigenvalue weighted by molar-refractivity contribution is 5.92. The molecule has 0 aliphatic carbocycles. The summed E-state index contributed by atoms with van der Waals surface area (Å²) in [5.41, 5.74) is 2.10. The van der Waals surface area contributed by atoms with Crippen LogP contribution in [-0.2, 0) is 5.54 Å². The van der Waals surface area contributed by atoms with Crippen molar-refractivity contribution >= 4 is 11.6 Å². The zero-order valence-corrected chi connectivity index (χ0v) is 16.9. The number of furan rings is 1. The molecule has 1 amide bonds. The second kappa shape index (κ2) is 6.79. The molecule has 2 aliphatic rings. The van der Waals surface area contributed by atoms with Crippen LogP contribution in [0.3, 0.4) is 0 Å². The molecule has 0 aromatic carbocycles. The van der Waals surface area contributed by atoms with Crippen molar-refractivity contribution in [1.29, 1.82) is 0 Å². The SMILES string of the molecule is CC(C)CCN1c2cccnc2-n2cccc2[C@]12CCN(C(=O)c1ccco1)C2. The van der Waals surface area contributed by atoms with E-state index in [-0.39, 0.29) is 11.4 Å². The quantitative estimate of drug-likeness (QED) is 0.674. The maximum absolute atomic E-state index is 13.0. The Kier molecular flexibility index (Phi) is 4.23. The first-order chi connectivity index (χ1) is 14.1. The first kappa shape index (κ1) is 18.0. The van der Waals surface area contributed by atoms with Gasteiger partial charge in [0, 0.05) is 25.5 Å². The predicted octanol–water partition coefficient (Wildman–Crippen LogP) is 4.07. The smallest absolute Gasteiger partial charge is 0.289 e. The van der Waals surface area contributed by atoms with Gasteiger partial charge in [-0.25, -0.2) is 4.98 Å². The number of carbonyl (C=O) groups is 1. The zero-order valence-electron chi connectivity index (χ0n) is 16.9. The largest absolute Gasteiger partial charge is 0.459 e. The number of aromatic nitrogens is 2. The molecule has 0 radical (unpaired) electrons. The van der Waals surface area contributed by atoms with Crippen molar-refractivity contribution in [3.63, 3.8) is 0 Å². The fraction of sp³-hybridized carbons (Fsp3) is 0.391. The van der Waals surface area contributed by atoms with Crippen molar-refractivity contribution in [3.8, 4) is 5.82 Å². The highest BCUT2D eigenvalue weighted by Crippen LogP contribution is 2.47. The van der Waals surface area contributed by atoms with Gasteiger partial charge in [0.1, 0.15) is 5.54 Å². The molecule has 1 fully saturated rings. The van der Waals surface area contributed by atoms with Crippen LogP contribution < -0.4 is 4.90 Å². The van der Waals surface area contributed by atoms with Gasteiger partial charge in [-0.2, -0.15) is 0 Å². The lowest BCUT2D eigenvalue weighted by atomic mass is 9.88. The summed E-state index contributed by atoms with van der Waals surface area (Å²) >= 11 is 0. The third-order valence-corrected chi connectivity index (χ3v) is 6.22. The maximum Gasteiger partial charge on any atom is 0.289 e. The highest BCUT2D eigenvalue weighted by atomic mass is 16.3. The summed E-state index contributed by atoms with van der Waals surface area (Å²) < 4.78 is 7.58. The summed E-state index contributed by atoms with van der Waals surface area (Å²) in [7, 11) is 0. The van der Waals surface area contributed by atoms with Crippen molar-refractivity contribution in [2.24, 2.45) is 5.92 Å². The van der Waals surface area contributed by atoms with Gasteiger partial charge in [0.05, 0.1) is 24.2 Å². The van der Waals surface area contributed by atoms with Crippen LogP contribution >= 0.6 is 0 Å². The summed E-state index contributed by atoms with van der Waals surface area (Å²) in [5, 5.41) is 0. The van der Waals surface area contributed by atoms with Crippen LogP contribution in [-0.4, -0.2) is 40.0 Å². The molecule has 3 aromatic heterocycles. The molecule has 6 nitrogen and oxygen atoms in total. The van der Waals surface area contributed by atoms with Gasteiger partial charge in [-0.15, -0.1) is 0 Å². The molecule has 5 heterocycles. The van der Waals surface area contributed by atoms with Gasteiger partial charge in [0.25, 0.3) is 5.91 Å². The summed E-state index contributed by atoms with van der Waals surface area (Å²) in [6, 6.07) is 11.9. The van der Waals surface area contributed by atoms with Gasteiger partial charge in [0.15, 0.2) is 11.6 Å². The molecule has 3 aromatic rings. The molecular weight excluding hydrogens is 364 g/mol. The van der Waals surface area contributed by atoms with Crippen LogP contribution in [0.2, 0.25) is 0 Å². The van der Waals surface area contributed by atoms with Gasteiger partial charge in [-0.1, -0.05) is 13.8 Å². The Morgan fingerprint density at radius 1 is 1.24 bits per heavy atom. The first-order valence-corrected chi connectivity index (χ1v) is 10.3. The summed E-state index contributed by atoms with van der Waals surface area (Å²) in [4.78, 5) is 22.1. The lowest BCUT2D eigenvalue weighted by Crippen LogP contribution is -2.53. The van der Waals surface area contributed by atoms with Crippen LogP contribution in [0.1, 0.15) is 42.9 Å². The molecular formula is C23H26N4O2. The monoisotopic (exact) mass is 390 g/mol. The van der Waals surface area contributed by atoms with Crippen LogP contribution in [0.4, 0.5) is 5.69 Å². The Hall–Kier alpha value is -3.02. The fourth-order valence-corrected chi connectivity index (χ4v) is 4.77. The second-order valence-electron chi connectivity index (χ2n) is 8.43. The minimum atomic E-state index is -0.253. The third kappa shape index (κ3) is 2.77. The second-order valence-corrected chi connectivity index (χ2v) is 8.43. The number of hydrogen-bond acceptors (Lipinski definition) is 4. The number of hydrogen-bond donors (Lipinski definition) is 0. The Bertz CT molecular complexity index is 1020. The number of carbonyl (C=O) groups excluding carboxylic acids is 1. The molecule has 0 bridgehead atoms. The van der Waals surface area contributed by atoms with E-state index in [9.17, 15) is 4.79 Å². The summed E-state index contributed by atoms with van der Waals surface area (Å²) in [5.74, 6) is 1.94. The standard InChI is InChI=1S/C23H26N4O2/c1-17(2)9-13-27-18-6-3-11-24-21(18)26-12-4-8-20(26)23(27)10-14-25(16-23)22(28)19-7-5-15-29-19/h3-8,11-12,15,17H,9-10,13-14,16H2,1-2H3/t23-/m1/s1. The Morgan fingerprint density at radius 2 is 2.14 bits per heavy atom. The van der Waals surface area contributed by atoms with E-state index in [2.05, 4.69) is 52.7 Å². The van der Waals surface area contributed by atoms with Crippen LogP contribution in [0.5, 0.6) is 0 Å². The molecule has 0 N–H and O–H groups in total. The van der Waals surface area contributed by atoms with Crippen molar-refractivity contribution < 1.29 is 9.21 Å². The zero-order chi connectivity index (χ0) is 20.0. The molecule has 1 spiro atoms. The van der Waals surface area contributed by atoms with Crippen LogP contribution in [0, 0.1) is 5.92 Å². The molecule has 0 saturated carbocycles. The van der Waals surface area contributed by atoms with Crippen molar-refractivity contribution in [2.45, 2.75) is 32.2 Å². The molecule has 6 heteroatoms. The van der Waals surface area contributed by atoms with E-state index < -0.39 is 0 Å². The molecule has 1 atom stereocenters. The topological polar surface area (TPSA) is 54.5 Å². The summed E-state index contributed by atoms with van der Waals surface area (Å²) in [6.45, 7) is 6.79. The number of fused-ring (bicyclic) bond motifs is 4. The van der Waals surface area contributed by atoms with Crippen LogP contribution in [0.25, 0.3) is 5.82 Å². The third-order valence-electron chi connectivity index (χ3n) is 6.22. The van der Waals surface area contributed by atoms with Crippen molar-refractivity contribution in [3.05, 3.63) is 66.5 Å². The average molecular weight is 390 g/mol.